The van der Waals surface area contributed by atoms with Crippen LogP contribution in [0.3, 0.4) is 0 Å². The molecule has 1 atom stereocenters. The lowest BCUT2D eigenvalue weighted by Gasteiger charge is -2.32. The summed E-state index contributed by atoms with van der Waals surface area (Å²) >= 11 is 3.40. The highest BCUT2D eigenvalue weighted by atomic mass is 79.9. The number of hydrogen-bond donors (Lipinski definition) is 1. The topological polar surface area (TPSA) is 86.8 Å². The molecule has 0 aliphatic carbocycles. The lowest BCUT2D eigenvalue weighted by molar-refractivity contribution is -0.121. The van der Waals surface area contributed by atoms with Crippen molar-refractivity contribution < 1.29 is 22.4 Å². The Balaban J connectivity index is 1.60. The van der Waals surface area contributed by atoms with Crippen molar-refractivity contribution in [3.8, 4) is 0 Å². The van der Waals surface area contributed by atoms with Gasteiger partial charge in [0.2, 0.25) is 21.8 Å². The number of nitrogens with zero attached hydrogens (tertiary/aromatic N) is 2. The largest absolute Gasteiger partial charge is 0.326 e. The molecule has 0 radical (unpaired) electrons. The number of carbonyl (C=O) groups is 2. The monoisotopic (exact) mass is 537 g/mol. The molecule has 1 fully saturated rings. The second kappa shape index (κ2) is 9.52. The second-order valence-electron chi connectivity index (χ2n) is 8.26. The van der Waals surface area contributed by atoms with Gasteiger partial charge < -0.3 is 10.2 Å². The Labute approximate surface area is 201 Å². The van der Waals surface area contributed by atoms with Crippen LogP contribution in [0.2, 0.25) is 0 Å². The molecule has 33 heavy (non-hydrogen) atoms. The van der Waals surface area contributed by atoms with Crippen molar-refractivity contribution in [1.82, 2.24) is 4.31 Å². The molecule has 0 aromatic heterocycles. The fraction of sp³-hybridized carbons (Fsp3) is 0.391. The fourth-order valence-corrected chi connectivity index (χ4v) is 6.87. The van der Waals surface area contributed by atoms with E-state index in [0.29, 0.717) is 41.7 Å². The van der Waals surface area contributed by atoms with Crippen LogP contribution in [0.15, 0.2) is 45.8 Å². The molecule has 4 rings (SSSR count). The number of hydrogen-bond acceptors (Lipinski definition) is 4. The molecular weight excluding hydrogens is 513 g/mol. The molecule has 1 N–H and O–H groups in total. The number of nitrogens with one attached hydrogen (secondary N) is 1. The zero-order chi connectivity index (χ0) is 23.8. The predicted molar refractivity (Wildman–Crippen MR) is 127 cm³/mol. The molecule has 2 heterocycles. The Hall–Kier alpha value is -2.30. The average Bonchev–Trinajstić information content (AvgIpc) is 3.21. The van der Waals surface area contributed by atoms with Crippen LogP contribution in [0.4, 0.5) is 15.8 Å². The van der Waals surface area contributed by atoms with Crippen LogP contribution >= 0.6 is 15.9 Å². The van der Waals surface area contributed by atoms with E-state index < -0.39 is 21.8 Å². The summed E-state index contributed by atoms with van der Waals surface area (Å²) in [7, 11) is -3.96. The third-order valence-electron chi connectivity index (χ3n) is 6.06. The minimum atomic E-state index is -3.96. The SMILES string of the molecule is CCC(=O)N1CCc2cc(Br)cc(S(=O)(=O)N3CCC[C@H](C(=O)Nc4cccc(F)c4)C3)c21. The molecule has 7 nitrogen and oxygen atoms in total. The molecule has 0 bridgehead atoms. The number of sulfonamides is 1. The first-order valence-corrected chi connectivity index (χ1v) is 13.1. The van der Waals surface area contributed by atoms with Crippen molar-refractivity contribution in [2.75, 3.05) is 29.9 Å². The molecule has 2 aliphatic heterocycles. The van der Waals surface area contributed by atoms with Crippen molar-refractivity contribution in [3.63, 3.8) is 0 Å². The Bertz CT molecular complexity index is 1200. The molecule has 176 valence electrons. The molecule has 0 saturated carbocycles. The molecular formula is C23H25BrFN3O4S. The van der Waals surface area contributed by atoms with Gasteiger partial charge in [0.25, 0.3) is 0 Å². The van der Waals surface area contributed by atoms with Gasteiger partial charge in [-0.25, -0.2) is 12.8 Å². The van der Waals surface area contributed by atoms with Gasteiger partial charge in [0.1, 0.15) is 10.7 Å². The molecule has 2 aromatic carbocycles. The average molecular weight is 538 g/mol. The summed E-state index contributed by atoms with van der Waals surface area (Å²) in [6, 6.07) is 8.98. The van der Waals surface area contributed by atoms with Crippen LogP contribution in [0, 0.1) is 11.7 Å². The van der Waals surface area contributed by atoms with Gasteiger partial charge in [0.15, 0.2) is 0 Å². The van der Waals surface area contributed by atoms with Crippen molar-refractivity contribution in [3.05, 3.63) is 52.3 Å². The van der Waals surface area contributed by atoms with E-state index in [-0.39, 0.29) is 36.2 Å². The number of halogens is 2. The molecule has 2 aliphatic rings. The van der Waals surface area contributed by atoms with Gasteiger partial charge in [-0.2, -0.15) is 4.31 Å². The number of anilines is 2. The molecule has 10 heteroatoms. The van der Waals surface area contributed by atoms with Crippen molar-refractivity contribution in [2.24, 2.45) is 5.92 Å². The van der Waals surface area contributed by atoms with Crippen molar-refractivity contribution in [2.45, 2.75) is 37.5 Å². The molecule has 0 unspecified atom stereocenters. The highest BCUT2D eigenvalue weighted by Crippen LogP contribution is 2.39. The maximum Gasteiger partial charge on any atom is 0.245 e. The number of rotatable bonds is 5. The van der Waals surface area contributed by atoms with Gasteiger partial charge in [0.05, 0.1) is 11.6 Å². The van der Waals surface area contributed by atoms with Gasteiger partial charge >= 0.3 is 0 Å². The van der Waals surface area contributed by atoms with Crippen LogP contribution in [0.5, 0.6) is 0 Å². The third kappa shape index (κ3) is 4.83. The first-order chi connectivity index (χ1) is 15.7. The number of amides is 2. The summed E-state index contributed by atoms with van der Waals surface area (Å²) < 4.78 is 42.8. The van der Waals surface area contributed by atoms with E-state index in [0.717, 1.165) is 5.56 Å². The number of benzene rings is 2. The van der Waals surface area contributed by atoms with E-state index in [1.54, 1.807) is 17.9 Å². The zero-order valence-corrected chi connectivity index (χ0v) is 20.6. The van der Waals surface area contributed by atoms with E-state index in [1.807, 2.05) is 6.07 Å². The van der Waals surface area contributed by atoms with E-state index >= 15 is 0 Å². The quantitative estimate of drug-likeness (QED) is 0.626. The minimum absolute atomic E-state index is 0.0203. The van der Waals surface area contributed by atoms with Crippen molar-refractivity contribution in [1.29, 1.82) is 0 Å². The van der Waals surface area contributed by atoms with E-state index in [1.165, 1.54) is 28.6 Å². The van der Waals surface area contributed by atoms with Crippen LogP contribution < -0.4 is 10.2 Å². The highest BCUT2D eigenvalue weighted by Gasteiger charge is 2.38. The molecule has 1 saturated heterocycles. The maximum absolute atomic E-state index is 13.7. The second-order valence-corrected chi connectivity index (χ2v) is 11.1. The Morgan fingerprint density at radius 2 is 2.00 bits per heavy atom. The van der Waals surface area contributed by atoms with Crippen molar-refractivity contribution >= 4 is 49.1 Å². The smallest absolute Gasteiger partial charge is 0.245 e. The molecule has 2 aromatic rings. The predicted octanol–water partition coefficient (Wildman–Crippen LogP) is 3.93. The summed E-state index contributed by atoms with van der Waals surface area (Å²) in [6.07, 6.45) is 1.92. The maximum atomic E-state index is 13.7. The fourth-order valence-electron chi connectivity index (χ4n) is 4.43. The zero-order valence-electron chi connectivity index (χ0n) is 18.2. The lowest BCUT2D eigenvalue weighted by Crippen LogP contribution is -2.44. The van der Waals surface area contributed by atoms with Gasteiger partial charge in [-0.3, -0.25) is 9.59 Å². The number of carbonyl (C=O) groups excluding carboxylic acids is 2. The van der Waals surface area contributed by atoms with Gasteiger partial charge in [-0.1, -0.05) is 28.9 Å². The van der Waals surface area contributed by atoms with Gasteiger partial charge in [-0.15, -0.1) is 0 Å². The Kier molecular flexibility index (Phi) is 6.88. The summed E-state index contributed by atoms with van der Waals surface area (Å²) in [5, 5.41) is 2.68. The summed E-state index contributed by atoms with van der Waals surface area (Å²) in [5.41, 5.74) is 1.58. The summed E-state index contributed by atoms with van der Waals surface area (Å²) in [6.45, 7) is 2.50. The summed E-state index contributed by atoms with van der Waals surface area (Å²) in [4.78, 5) is 26.9. The first kappa shape index (κ1) is 23.8. The highest BCUT2D eigenvalue weighted by molar-refractivity contribution is 9.10. The van der Waals surface area contributed by atoms with E-state index in [9.17, 15) is 22.4 Å². The first-order valence-electron chi connectivity index (χ1n) is 10.9. The lowest BCUT2D eigenvalue weighted by atomic mass is 9.99. The summed E-state index contributed by atoms with van der Waals surface area (Å²) in [5.74, 6) is -1.50. The van der Waals surface area contributed by atoms with E-state index in [2.05, 4.69) is 21.2 Å². The molecule has 0 spiro atoms. The standard InChI is InChI=1S/C23H25BrFN3O4S/c1-2-21(29)28-10-8-15-11-17(24)12-20(22(15)28)33(31,32)27-9-4-5-16(14-27)23(30)26-19-7-3-6-18(25)13-19/h3,6-7,11-13,16H,2,4-5,8-10,14H2,1H3,(H,26,30)/t16-/m0/s1. The Morgan fingerprint density at radius 3 is 2.73 bits per heavy atom. The Morgan fingerprint density at radius 1 is 1.21 bits per heavy atom. The number of fused-ring (bicyclic) bond motifs is 1. The third-order valence-corrected chi connectivity index (χ3v) is 8.40. The van der Waals surface area contributed by atoms with Crippen LogP contribution in [0.1, 0.15) is 31.7 Å². The van der Waals surface area contributed by atoms with Gasteiger partial charge in [0, 0.05) is 36.2 Å². The van der Waals surface area contributed by atoms with Crippen LogP contribution in [0.25, 0.3) is 0 Å². The van der Waals surface area contributed by atoms with Gasteiger partial charge in [-0.05, 0) is 55.2 Å². The van der Waals surface area contributed by atoms with E-state index in [4.69, 9.17) is 0 Å². The normalized spacial score (nSPS) is 18.8. The van der Waals surface area contributed by atoms with Crippen LogP contribution in [-0.4, -0.2) is 44.2 Å². The molecule has 2 amide bonds. The number of piperidine rings is 1. The minimum Gasteiger partial charge on any atom is -0.326 e. The van der Waals surface area contributed by atoms with Crippen LogP contribution in [-0.2, 0) is 26.0 Å².